The Morgan fingerprint density at radius 2 is 2.11 bits per heavy atom. The zero-order valence-electron chi connectivity index (χ0n) is 12.7. The number of hydrogen-bond acceptors (Lipinski definition) is 2. The molecule has 106 valence electrons. The predicted molar refractivity (Wildman–Crippen MR) is 78.8 cm³/mol. The lowest BCUT2D eigenvalue weighted by Crippen LogP contribution is -2.41. The summed E-state index contributed by atoms with van der Waals surface area (Å²) in [4.78, 5) is 2.74. The van der Waals surface area contributed by atoms with Crippen molar-refractivity contribution < 1.29 is 0 Å². The van der Waals surface area contributed by atoms with Crippen LogP contribution in [-0.4, -0.2) is 37.6 Å². The highest BCUT2D eigenvalue weighted by Crippen LogP contribution is 2.44. The number of hydrogen-bond donors (Lipinski definition) is 1. The largest absolute Gasteiger partial charge is 0.316 e. The summed E-state index contributed by atoms with van der Waals surface area (Å²) in [7, 11) is 0. The second kappa shape index (κ2) is 6.38. The van der Waals surface area contributed by atoms with Crippen molar-refractivity contribution in [2.75, 3.05) is 32.7 Å². The lowest BCUT2D eigenvalue weighted by atomic mass is 9.67. The van der Waals surface area contributed by atoms with Crippen LogP contribution in [0.4, 0.5) is 0 Å². The topological polar surface area (TPSA) is 15.3 Å². The van der Waals surface area contributed by atoms with Crippen molar-refractivity contribution in [3.8, 4) is 0 Å². The first-order chi connectivity index (χ1) is 8.63. The smallest absolute Gasteiger partial charge is 0.00380 e. The summed E-state index contributed by atoms with van der Waals surface area (Å²) >= 11 is 0. The molecule has 1 aliphatic heterocycles. The predicted octanol–water partition coefficient (Wildman–Crippen LogP) is 3.13. The van der Waals surface area contributed by atoms with Crippen LogP contribution in [0.2, 0.25) is 0 Å². The first-order valence-corrected chi connectivity index (χ1v) is 8.06. The fourth-order valence-electron chi connectivity index (χ4n) is 3.57. The van der Waals surface area contributed by atoms with Crippen LogP contribution in [0.3, 0.4) is 0 Å². The maximum absolute atomic E-state index is 3.63. The highest BCUT2D eigenvalue weighted by Gasteiger charge is 2.38. The van der Waals surface area contributed by atoms with Crippen LogP contribution in [0.1, 0.15) is 52.9 Å². The van der Waals surface area contributed by atoms with Gasteiger partial charge in [-0.05, 0) is 62.6 Å². The van der Waals surface area contributed by atoms with Gasteiger partial charge in [0.2, 0.25) is 0 Å². The van der Waals surface area contributed by atoms with E-state index in [2.05, 4.69) is 31.0 Å². The molecule has 0 aromatic carbocycles. The quantitative estimate of drug-likeness (QED) is 0.749. The Balaban J connectivity index is 1.65. The average Bonchev–Trinajstić information content (AvgIpc) is 2.71. The molecular formula is C16H32N2. The van der Waals surface area contributed by atoms with Gasteiger partial charge in [-0.2, -0.15) is 0 Å². The standard InChI is InChI=1S/C16H32N2/c1-4-16(7-5-8-16)13-18-9-6-15(12-18)11-17-10-14(2)3/h14-15,17H,4-13H2,1-3H3. The lowest BCUT2D eigenvalue weighted by molar-refractivity contribution is 0.0715. The van der Waals surface area contributed by atoms with Crippen molar-refractivity contribution in [1.82, 2.24) is 10.2 Å². The minimum Gasteiger partial charge on any atom is -0.316 e. The Labute approximate surface area is 114 Å². The number of rotatable bonds is 7. The summed E-state index contributed by atoms with van der Waals surface area (Å²) in [5, 5.41) is 3.63. The van der Waals surface area contributed by atoms with Gasteiger partial charge in [-0.3, -0.25) is 0 Å². The molecule has 2 heteroatoms. The Kier molecular flexibility index (Phi) is 5.08. The molecule has 0 spiro atoms. The summed E-state index contributed by atoms with van der Waals surface area (Å²) < 4.78 is 0. The minimum absolute atomic E-state index is 0.709. The van der Waals surface area contributed by atoms with Crippen LogP contribution in [0.25, 0.3) is 0 Å². The van der Waals surface area contributed by atoms with E-state index >= 15 is 0 Å². The molecule has 0 aromatic heterocycles. The molecule has 2 fully saturated rings. The molecule has 2 nitrogen and oxygen atoms in total. The maximum atomic E-state index is 3.63. The molecule has 1 aliphatic carbocycles. The zero-order chi connectivity index (χ0) is 13.0. The molecule has 1 saturated carbocycles. The van der Waals surface area contributed by atoms with Crippen LogP contribution in [0, 0.1) is 17.3 Å². The molecule has 1 N–H and O–H groups in total. The monoisotopic (exact) mass is 252 g/mol. The molecule has 0 bridgehead atoms. The van der Waals surface area contributed by atoms with E-state index in [9.17, 15) is 0 Å². The van der Waals surface area contributed by atoms with E-state index in [1.165, 1.54) is 64.8 Å². The average molecular weight is 252 g/mol. The van der Waals surface area contributed by atoms with Crippen LogP contribution < -0.4 is 5.32 Å². The van der Waals surface area contributed by atoms with Crippen LogP contribution >= 0.6 is 0 Å². The fraction of sp³-hybridized carbons (Fsp3) is 1.00. The molecule has 0 aromatic rings. The SMILES string of the molecule is CCC1(CN2CCC(CNCC(C)C)C2)CCC1. The normalized spacial score (nSPS) is 27.7. The summed E-state index contributed by atoms with van der Waals surface area (Å²) in [5.41, 5.74) is 0.709. The van der Waals surface area contributed by atoms with Crippen LogP contribution in [-0.2, 0) is 0 Å². The molecule has 1 heterocycles. The van der Waals surface area contributed by atoms with Gasteiger partial charge in [-0.1, -0.05) is 27.2 Å². The van der Waals surface area contributed by atoms with Gasteiger partial charge in [0.15, 0.2) is 0 Å². The third kappa shape index (κ3) is 3.71. The van der Waals surface area contributed by atoms with Crippen molar-refractivity contribution in [3.05, 3.63) is 0 Å². The van der Waals surface area contributed by atoms with Gasteiger partial charge in [0.1, 0.15) is 0 Å². The Bertz CT molecular complexity index is 240. The fourth-order valence-corrected chi connectivity index (χ4v) is 3.57. The number of nitrogens with one attached hydrogen (secondary N) is 1. The van der Waals surface area contributed by atoms with Gasteiger partial charge in [-0.25, -0.2) is 0 Å². The molecule has 2 aliphatic rings. The second-order valence-corrected chi connectivity index (χ2v) is 7.15. The molecule has 2 rings (SSSR count). The first-order valence-electron chi connectivity index (χ1n) is 8.06. The van der Waals surface area contributed by atoms with Gasteiger partial charge >= 0.3 is 0 Å². The van der Waals surface area contributed by atoms with Crippen molar-refractivity contribution >= 4 is 0 Å². The summed E-state index contributed by atoms with van der Waals surface area (Å²) in [6, 6.07) is 0. The van der Waals surface area contributed by atoms with Crippen LogP contribution in [0.15, 0.2) is 0 Å². The molecular weight excluding hydrogens is 220 g/mol. The van der Waals surface area contributed by atoms with E-state index in [-0.39, 0.29) is 0 Å². The van der Waals surface area contributed by atoms with Gasteiger partial charge < -0.3 is 10.2 Å². The van der Waals surface area contributed by atoms with Gasteiger partial charge in [0.25, 0.3) is 0 Å². The van der Waals surface area contributed by atoms with E-state index in [1.807, 2.05) is 0 Å². The highest BCUT2D eigenvalue weighted by molar-refractivity contribution is 4.91. The van der Waals surface area contributed by atoms with Gasteiger partial charge in [0, 0.05) is 13.1 Å². The van der Waals surface area contributed by atoms with E-state index < -0.39 is 0 Å². The lowest BCUT2D eigenvalue weighted by Gasteiger charge is -2.44. The minimum atomic E-state index is 0.709. The third-order valence-electron chi connectivity index (χ3n) is 5.08. The molecule has 0 radical (unpaired) electrons. The Morgan fingerprint density at radius 1 is 1.33 bits per heavy atom. The summed E-state index contributed by atoms with van der Waals surface area (Å²) in [5.74, 6) is 1.68. The number of likely N-dealkylation sites (tertiary alicyclic amines) is 1. The van der Waals surface area contributed by atoms with E-state index in [0.29, 0.717) is 5.41 Å². The van der Waals surface area contributed by atoms with Crippen LogP contribution in [0.5, 0.6) is 0 Å². The second-order valence-electron chi connectivity index (χ2n) is 7.15. The van der Waals surface area contributed by atoms with E-state index in [0.717, 1.165) is 11.8 Å². The third-order valence-corrected chi connectivity index (χ3v) is 5.08. The van der Waals surface area contributed by atoms with Crippen molar-refractivity contribution in [2.45, 2.75) is 52.9 Å². The molecule has 1 atom stereocenters. The van der Waals surface area contributed by atoms with Crippen molar-refractivity contribution in [3.63, 3.8) is 0 Å². The van der Waals surface area contributed by atoms with Crippen molar-refractivity contribution in [2.24, 2.45) is 17.3 Å². The van der Waals surface area contributed by atoms with E-state index in [4.69, 9.17) is 0 Å². The highest BCUT2D eigenvalue weighted by atomic mass is 15.2. The number of nitrogens with zero attached hydrogens (tertiary/aromatic N) is 1. The van der Waals surface area contributed by atoms with Crippen molar-refractivity contribution in [1.29, 1.82) is 0 Å². The summed E-state index contributed by atoms with van der Waals surface area (Å²) in [6.07, 6.45) is 7.23. The van der Waals surface area contributed by atoms with Gasteiger partial charge in [0.05, 0.1) is 0 Å². The Morgan fingerprint density at radius 3 is 2.67 bits per heavy atom. The maximum Gasteiger partial charge on any atom is 0.00380 e. The van der Waals surface area contributed by atoms with Gasteiger partial charge in [-0.15, -0.1) is 0 Å². The first kappa shape index (κ1) is 14.3. The zero-order valence-corrected chi connectivity index (χ0v) is 12.7. The summed E-state index contributed by atoms with van der Waals surface area (Å²) in [6.45, 7) is 13.4. The van der Waals surface area contributed by atoms with E-state index in [1.54, 1.807) is 0 Å². The molecule has 1 saturated heterocycles. The Hall–Kier alpha value is -0.0800. The molecule has 0 amide bonds. The molecule has 1 unspecified atom stereocenters. The molecule has 18 heavy (non-hydrogen) atoms.